The van der Waals surface area contributed by atoms with Crippen LogP contribution < -0.4 is 11.5 Å². The number of nitrogens with one attached hydrogen (secondary N) is 1. The van der Waals surface area contributed by atoms with Gasteiger partial charge in [0.2, 0.25) is 0 Å². The molecule has 0 heterocycles. The van der Waals surface area contributed by atoms with Crippen molar-refractivity contribution in [3.8, 4) is 0 Å². The molecule has 0 saturated carbocycles. The second-order valence-electron chi connectivity index (χ2n) is 2.01. The van der Waals surface area contributed by atoms with Gasteiger partial charge >= 0.3 is 0 Å². The van der Waals surface area contributed by atoms with Crippen molar-refractivity contribution in [1.29, 1.82) is 5.41 Å². The van der Waals surface area contributed by atoms with Crippen molar-refractivity contribution >= 4 is 23.9 Å². The topological polar surface area (TPSA) is 188 Å². The Balaban J connectivity index is -0.0000000600. The fourth-order valence-corrected chi connectivity index (χ4v) is 0. The summed E-state index contributed by atoms with van der Waals surface area (Å²) >= 11 is 0. The number of carboxylic acid groups (broad SMARTS) is 3. The molecule has 0 saturated heterocycles. The molecule has 0 fully saturated rings. The van der Waals surface area contributed by atoms with E-state index in [0.717, 1.165) is 20.8 Å². The second-order valence-corrected chi connectivity index (χ2v) is 2.01. The van der Waals surface area contributed by atoms with E-state index in [2.05, 4.69) is 11.5 Å². The fourth-order valence-electron chi connectivity index (χ4n) is 0. The number of aliphatic carboxylic acids is 3. The SMILES string of the molecule is CC(=O)O.CC(=O)O.CC(=O)O.N=C(N)N. The van der Waals surface area contributed by atoms with Crippen molar-refractivity contribution < 1.29 is 29.7 Å². The lowest BCUT2D eigenvalue weighted by Crippen LogP contribution is -2.20. The first-order valence-electron chi connectivity index (χ1n) is 3.61. The van der Waals surface area contributed by atoms with Gasteiger partial charge in [0.1, 0.15) is 0 Å². The Morgan fingerprint density at radius 3 is 0.812 bits per heavy atom. The third kappa shape index (κ3) is 248. The van der Waals surface area contributed by atoms with Crippen LogP contribution in [0.5, 0.6) is 0 Å². The lowest BCUT2D eigenvalue weighted by atomic mass is 10.9. The van der Waals surface area contributed by atoms with E-state index in [-0.39, 0.29) is 5.96 Å². The van der Waals surface area contributed by atoms with E-state index >= 15 is 0 Å². The van der Waals surface area contributed by atoms with Crippen LogP contribution in [0.25, 0.3) is 0 Å². The van der Waals surface area contributed by atoms with E-state index < -0.39 is 17.9 Å². The van der Waals surface area contributed by atoms with Crippen LogP contribution in [0, 0.1) is 5.41 Å². The van der Waals surface area contributed by atoms with Crippen LogP contribution in [0.3, 0.4) is 0 Å². The molecule has 0 aliphatic heterocycles. The molecule has 16 heavy (non-hydrogen) atoms. The van der Waals surface area contributed by atoms with Gasteiger partial charge in [0, 0.05) is 20.8 Å². The van der Waals surface area contributed by atoms with Gasteiger partial charge in [-0.05, 0) is 0 Å². The first-order chi connectivity index (χ1) is 6.93. The smallest absolute Gasteiger partial charge is 0.300 e. The standard InChI is InChI=1S/3C2H4O2.CH5N3/c3*1-2(3)4;2-1(3)4/h3*1H3,(H,3,4);(H5,2,3,4). The van der Waals surface area contributed by atoms with Gasteiger partial charge in [0.05, 0.1) is 0 Å². The molecule has 8 N–H and O–H groups in total. The van der Waals surface area contributed by atoms with Gasteiger partial charge in [-0.2, -0.15) is 0 Å². The zero-order valence-corrected chi connectivity index (χ0v) is 9.22. The maximum absolute atomic E-state index is 9.00. The maximum atomic E-state index is 9.00. The Hall–Kier alpha value is -2.32. The molecular weight excluding hydrogens is 222 g/mol. The van der Waals surface area contributed by atoms with Gasteiger partial charge in [0.15, 0.2) is 5.96 Å². The van der Waals surface area contributed by atoms with Crippen LogP contribution in [0.15, 0.2) is 0 Å². The fraction of sp³-hybridized carbons (Fsp3) is 0.429. The summed E-state index contributed by atoms with van der Waals surface area (Å²) < 4.78 is 0. The molecule has 0 rings (SSSR count). The Morgan fingerprint density at radius 2 is 0.812 bits per heavy atom. The molecule has 0 bridgehead atoms. The number of hydrogen-bond acceptors (Lipinski definition) is 4. The van der Waals surface area contributed by atoms with E-state index in [1.807, 2.05) is 0 Å². The molecule has 96 valence electrons. The third-order valence-electron chi connectivity index (χ3n) is 0. The minimum absolute atomic E-state index is 0.333. The lowest BCUT2D eigenvalue weighted by Gasteiger charge is -1.69. The number of carboxylic acids is 3. The number of rotatable bonds is 0. The zero-order valence-electron chi connectivity index (χ0n) is 9.22. The van der Waals surface area contributed by atoms with Crippen molar-refractivity contribution in [2.24, 2.45) is 11.5 Å². The van der Waals surface area contributed by atoms with E-state index in [0.29, 0.717) is 0 Å². The highest BCUT2D eigenvalue weighted by molar-refractivity contribution is 5.71. The average Bonchev–Trinajstić information content (AvgIpc) is 1.76. The zero-order chi connectivity index (χ0) is 14.3. The van der Waals surface area contributed by atoms with Crippen LogP contribution in [-0.4, -0.2) is 39.2 Å². The Kier molecular flexibility index (Phi) is 27.1. The molecule has 0 atom stereocenters. The van der Waals surface area contributed by atoms with Crippen molar-refractivity contribution in [3.63, 3.8) is 0 Å². The molecular formula is C7H17N3O6. The van der Waals surface area contributed by atoms with Gasteiger partial charge in [-0.3, -0.25) is 19.8 Å². The van der Waals surface area contributed by atoms with Crippen molar-refractivity contribution in [1.82, 2.24) is 0 Å². The Morgan fingerprint density at radius 1 is 0.812 bits per heavy atom. The molecule has 0 aromatic heterocycles. The predicted molar refractivity (Wildman–Crippen MR) is 56.0 cm³/mol. The second kappa shape index (κ2) is 18.5. The molecule has 9 nitrogen and oxygen atoms in total. The van der Waals surface area contributed by atoms with Gasteiger partial charge in [-0.25, -0.2) is 0 Å². The Labute approximate surface area is 92.2 Å². The highest BCUT2D eigenvalue weighted by Gasteiger charge is 1.66. The summed E-state index contributed by atoms with van der Waals surface area (Å²) in [6, 6.07) is 0. The van der Waals surface area contributed by atoms with Gasteiger partial charge in [0.25, 0.3) is 17.9 Å². The maximum Gasteiger partial charge on any atom is 0.300 e. The molecule has 9 heteroatoms. The molecule has 0 spiro atoms. The molecule has 0 unspecified atom stereocenters. The quantitative estimate of drug-likeness (QED) is 0.232. The van der Waals surface area contributed by atoms with Crippen molar-refractivity contribution in [2.45, 2.75) is 20.8 Å². The minimum Gasteiger partial charge on any atom is -0.481 e. The molecule has 0 aromatic rings. The summed E-state index contributed by atoms with van der Waals surface area (Å²) in [5, 5.41) is 28.3. The van der Waals surface area contributed by atoms with Crippen LogP contribution in [0.2, 0.25) is 0 Å². The van der Waals surface area contributed by atoms with Crippen LogP contribution in [-0.2, 0) is 14.4 Å². The van der Waals surface area contributed by atoms with E-state index in [9.17, 15) is 0 Å². The number of guanidine groups is 1. The largest absolute Gasteiger partial charge is 0.481 e. The normalized spacial score (nSPS) is 6.19. The predicted octanol–water partition coefficient (Wildman–Crippen LogP) is -0.889. The summed E-state index contributed by atoms with van der Waals surface area (Å²) in [7, 11) is 0. The van der Waals surface area contributed by atoms with Crippen molar-refractivity contribution in [2.75, 3.05) is 0 Å². The van der Waals surface area contributed by atoms with Crippen LogP contribution >= 0.6 is 0 Å². The first-order valence-corrected chi connectivity index (χ1v) is 3.61. The molecule has 0 aliphatic carbocycles. The first kappa shape index (κ1) is 23.5. The molecule has 0 amide bonds. The highest BCUT2D eigenvalue weighted by Crippen LogP contribution is 1.42. The van der Waals surface area contributed by atoms with Gasteiger partial charge in [-0.1, -0.05) is 0 Å². The van der Waals surface area contributed by atoms with Gasteiger partial charge in [-0.15, -0.1) is 0 Å². The number of nitrogens with two attached hydrogens (primary N) is 2. The summed E-state index contributed by atoms with van der Waals surface area (Å²) in [5.41, 5.74) is 8.94. The summed E-state index contributed by atoms with van der Waals surface area (Å²) in [5.74, 6) is -2.83. The average molecular weight is 239 g/mol. The summed E-state index contributed by atoms with van der Waals surface area (Å²) in [6.45, 7) is 3.25. The summed E-state index contributed by atoms with van der Waals surface area (Å²) in [6.07, 6.45) is 0. The van der Waals surface area contributed by atoms with Crippen LogP contribution in [0.4, 0.5) is 0 Å². The molecule has 0 aliphatic rings. The third-order valence-corrected chi connectivity index (χ3v) is 0. The van der Waals surface area contributed by atoms with E-state index in [1.54, 1.807) is 0 Å². The monoisotopic (exact) mass is 239 g/mol. The summed E-state index contributed by atoms with van der Waals surface area (Å²) in [4.78, 5) is 27.0. The van der Waals surface area contributed by atoms with E-state index in [4.69, 9.17) is 35.1 Å². The highest BCUT2D eigenvalue weighted by atomic mass is 16.4. The Bertz CT molecular complexity index is 164. The van der Waals surface area contributed by atoms with Crippen molar-refractivity contribution in [3.05, 3.63) is 0 Å². The number of carbonyl (C=O) groups is 3. The van der Waals surface area contributed by atoms with E-state index in [1.165, 1.54) is 0 Å². The molecule has 0 aromatic carbocycles. The number of hydrogen-bond donors (Lipinski definition) is 6. The lowest BCUT2D eigenvalue weighted by molar-refractivity contribution is -0.135. The minimum atomic E-state index is -0.833. The van der Waals surface area contributed by atoms with Crippen LogP contribution in [0.1, 0.15) is 20.8 Å². The molecule has 0 radical (unpaired) electrons. The van der Waals surface area contributed by atoms with Gasteiger partial charge < -0.3 is 26.8 Å².